The van der Waals surface area contributed by atoms with Gasteiger partial charge in [0, 0.05) is 37.5 Å². The Balaban J connectivity index is 1.52. The molecule has 3 aliphatic carbocycles. The number of amides is 1. The van der Waals surface area contributed by atoms with Gasteiger partial charge < -0.3 is 49.8 Å². The molecule has 1 amide bonds. The van der Waals surface area contributed by atoms with E-state index in [4.69, 9.17) is 18.9 Å². The van der Waals surface area contributed by atoms with Crippen molar-refractivity contribution < 1.29 is 63.7 Å². The Morgan fingerprint density at radius 1 is 0.926 bits per heavy atom. The van der Waals surface area contributed by atoms with Gasteiger partial charge in [-0.05, 0) is 35.8 Å². The van der Waals surface area contributed by atoms with E-state index < -0.39 is 107 Å². The summed E-state index contributed by atoms with van der Waals surface area (Å²) in [4.78, 5) is 52.9. The number of fused-ring (bicyclic) bond motifs is 5. The van der Waals surface area contributed by atoms with Crippen LogP contribution in [-0.4, -0.2) is 110 Å². The highest BCUT2D eigenvalue weighted by atomic mass is 16.6. The normalized spacial score (nSPS) is 36.4. The van der Waals surface area contributed by atoms with Crippen LogP contribution in [0.2, 0.25) is 0 Å². The molecule has 292 valence electrons. The lowest BCUT2D eigenvalue weighted by atomic mass is 9.44. The molecule has 1 heterocycles. The lowest BCUT2D eigenvalue weighted by Gasteiger charge is -2.69. The smallest absolute Gasteiger partial charge is 0.338 e. The largest absolute Gasteiger partial charge is 0.456 e. The fourth-order valence-corrected chi connectivity index (χ4v) is 9.57. The van der Waals surface area contributed by atoms with Crippen molar-refractivity contribution in [1.82, 2.24) is 5.32 Å². The summed E-state index contributed by atoms with van der Waals surface area (Å²) in [6.45, 7) is 8.41. The van der Waals surface area contributed by atoms with Gasteiger partial charge in [0.25, 0.3) is 0 Å². The van der Waals surface area contributed by atoms with Crippen LogP contribution in [0.25, 0.3) is 0 Å². The molecule has 0 spiro atoms. The zero-order valence-electron chi connectivity index (χ0n) is 31.1. The Labute approximate surface area is 313 Å². The molecule has 1 aliphatic heterocycles. The maximum atomic E-state index is 14.1. The van der Waals surface area contributed by atoms with Crippen molar-refractivity contribution >= 4 is 23.8 Å². The summed E-state index contributed by atoms with van der Waals surface area (Å²) in [7, 11) is 0. The maximum Gasteiger partial charge on any atom is 0.338 e. The molecule has 54 heavy (non-hydrogen) atoms. The Morgan fingerprint density at radius 2 is 1.54 bits per heavy atom. The number of benzene rings is 2. The zero-order valence-corrected chi connectivity index (χ0v) is 31.1. The second kappa shape index (κ2) is 14.2. The quantitative estimate of drug-likeness (QED) is 0.129. The van der Waals surface area contributed by atoms with E-state index in [1.165, 1.54) is 32.9 Å². The average molecular weight is 752 g/mol. The Morgan fingerprint density at radius 3 is 2.09 bits per heavy atom. The van der Waals surface area contributed by atoms with Crippen molar-refractivity contribution in [1.29, 1.82) is 0 Å². The van der Waals surface area contributed by atoms with Crippen molar-refractivity contribution in [2.75, 3.05) is 6.61 Å². The summed E-state index contributed by atoms with van der Waals surface area (Å²) in [5.74, 6) is -4.71. The van der Waals surface area contributed by atoms with E-state index in [9.17, 15) is 44.7 Å². The second-order valence-corrected chi connectivity index (χ2v) is 15.8. The molecule has 0 aromatic heterocycles. The molecule has 6 rings (SSSR count). The number of aliphatic hydroxyl groups excluding tert-OH is 4. The van der Waals surface area contributed by atoms with Gasteiger partial charge in [0.2, 0.25) is 5.91 Å². The molecular formula is C40H49NO13. The molecule has 2 bridgehead atoms. The fraction of sp³-hybridized carbons (Fsp3) is 0.550. The van der Waals surface area contributed by atoms with E-state index in [0.717, 1.165) is 0 Å². The molecule has 0 unspecified atom stereocenters. The van der Waals surface area contributed by atoms with E-state index in [0.29, 0.717) is 5.56 Å². The summed E-state index contributed by atoms with van der Waals surface area (Å²) in [6.07, 6.45) is -11.6. The first-order chi connectivity index (χ1) is 25.3. The molecule has 14 heteroatoms. The minimum atomic E-state index is -2.28. The van der Waals surface area contributed by atoms with Crippen LogP contribution in [0.4, 0.5) is 0 Å². The SMILES string of the molecule is CC(=O)N[C@@H](c1ccccc1)[C@@H](O)C(=O)O[C@H]1C[C@@]2(O)[C@@H](OC(=O)c3ccccc3)[C@@H]3[C@]4(OC(C)=O)CO[C@@H]4C[C@H](O)[C@@]3(C)[C@H](O)[C@H](O)C(=C1C)C2(C)C. The first kappa shape index (κ1) is 39.5. The number of carbonyl (C=O) groups excluding carboxylic acids is 4. The first-order valence-corrected chi connectivity index (χ1v) is 18.1. The van der Waals surface area contributed by atoms with Crippen LogP contribution in [0.1, 0.15) is 76.3 Å². The topological polar surface area (TPSA) is 218 Å². The highest BCUT2D eigenvalue weighted by Gasteiger charge is 2.77. The summed E-state index contributed by atoms with van der Waals surface area (Å²) in [5.41, 5.74) is -6.46. The van der Waals surface area contributed by atoms with E-state index in [1.807, 2.05) is 0 Å². The van der Waals surface area contributed by atoms with Crippen molar-refractivity contribution in [3.63, 3.8) is 0 Å². The molecule has 0 radical (unpaired) electrons. The molecule has 4 aliphatic rings. The van der Waals surface area contributed by atoms with Crippen LogP contribution in [-0.2, 0) is 33.3 Å². The van der Waals surface area contributed by atoms with Gasteiger partial charge in [-0.3, -0.25) is 9.59 Å². The number of esters is 3. The van der Waals surface area contributed by atoms with Gasteiger partial charge in [-0.15, -0.1) is 0 Å². The number of hydrogen-bond donors (Lipinski definition) is 6. The Bertz CT molecular complexity index is 1820. The monoisotopic (exact) mass is 751 g/mol. The van der Waals surface area contributed by atoms with Crippen molar-refractivity contribution in [2.24, 2.45) is 16.7 Å². The number of carbonyl (C=O) groups is 4. The van der Waals surface area contributed by atoms with Gasteiger partial charge in [-0.25, -0.2) is 9.59 Å². The van der Waals surface area contributed by atoms with Crippen LogP contribution >= 0.6 is 0 Å². The van der Waals surface area contributed by atoms with Crippen LogP contribution in [0, 0.1) is 16.7 Å². The van der Waals surface area contributed by atoms with E-state index in [1.54, 1.807) is 69.3 Å². The molecule has 6 N–H and O–H groups in total. The van der Waals surface area contributed by atoms with E-state index >= 15 is 0 Å². The summed E-state index contributed by atoms with van der Waals surface area (Å²) < 4.78 is 24.1. The molecule has 14 nitrogen and oxygen atoms in total. The molecule has 2 aromatic carbocycles. The summed E-state index contributed by atoms with van der Waals surface area (Å²) in [5, 5.41) is 63.6. The highest BCUT2D eigenvalue weighted by Crippen LogP contribution is 2.65. The molecule has 3 fully saturated rings. The molecule has 2 saturated carbocycles. The zero-order chi connectivity index (χ0) is 39.5. The van der Waals surface area contributed by atoms with E-state index in [2.05, 4.69) is 5.32 Å². The number of aliphatic hydroxyl groups is 5. The third-order valence-electron chi connectivity index (χ3n) is 12.5. The lowest BCUT2D eigenvalue weighted by molar-refractivity contribution is -0.365. The average Bonchev–Trinajstić information content (AvgIpc) is 3.12. The van der Waals surface area contributed by atoms with Crippen molar-refractivity contribution in [2.45, 2.75) is 114 Å². The van der Waals surface area contributed by atoms with Gasteiger partial charge in [0.15, 0.2) is 11.7 Å². The van der Waals surface area contributed by atoms with Gasteiger partial charge in [-0.1, -0.05) is 69.3 Å². The third-order valence-corrected chi connectivity index (χ3v) is 12.5. The Hall–Kier alpha value is -4.18. The van der Waals surface area contributed by atoms with E-state index in [-0.39, 0.29) is 29.7 Å². The van der Waals surface area contributed by atoms with Gasteiger partial charge in [-0.2, -0.15) is 0 Å². The summed E-state index contributed by atoms with van der Waals surface area (Å²) >= 11 is 0. The van der Waals surface area contributed by atoms with Crippen LogP contribution in [0.5, 0.6) is 0 Å². The van der Waals surface area contributed by atoms with Crippen LogP contribution < -0.4 is 5.32 Å². The van der Waals surface area contributed by atoms with Gasteiger partial charge in [0.05, 0.1) is 36.3 Å². The highest BCUT2D eigenvalue weighted by molar-refractivity contribution is 5.89. The van der Waals surface area contributed by atoms with Gasteiger partial charge >= 0.3 is 17.9 Å². The molecule has 1 saturated heterocycles. The van der Waals surface area contributed by atoms with Crippen LogP contribution in [0.3, 0.4) is 0 Å². The fourth-order valence-electron chi connectivity index (χ4n) is 9.57. The minimum Gasteiger partial charge on any atom is -0.456 e. The lowest BCUT2D eigenvalue weighted by Crippen LogP contribution is -2.82. The predicted octanol–water partition coefficient (Wildman–Crippen LogP) is 1.66. The third kappa shape index (κ3) is 6.13. The Kier molecular flexibility index (Phi) is 10.4. The summed E-state index contributed by atoms with van der Waals surface area (Å²) in [6, 6.07) is 15.0. The number of nitrogens with one attached hydrogen (secondary N) is 1. The number of hydrogen-bond acceptors (Lipinski definition) is 13. The first-order valence-electron chi connectivity index (χ1n) is 18.1. The maximum absolute atomic E-state index is 14.1. The predicted molar refractivity (Wildman–Crippen MR) is 189 cm³/mol. The molecular weight excluding hydrogens is 702 g/mol. The minimum absolute atomic E-state index is 0.0543. The van der Waals surface area contributed by atoms with Crippen molar-refractivity contribution in [3.8, 4) is 0 Å². The van der Waals surface area contributed by atoms with Crippen molar-refractivity contribution in [3.05, 3.63) is 82.9 Å². The van der Waals surface area contributed by atoms with Crippen LogP contribution in [0.15, 0.2) is 71.8 Å². The number of ether oxygens (including phenoxy) is 4. The molecule has 12 atom stereocenters. The van der Waals surface area contributed by atoms with Gasteiger partial charge in [0.1, 0.15) is 30.0 Å². The molecule has 2 aromatic rings. The second-order valence-electron chi connectivity index (χ2n) is 15.8. The number of rotatable bonds is 8. The standard InChI is InChI=1S/C40H49NO13/c1-20-25(52-36(49)31(46)29(41-21(2)42)23-13-9-7-10-14-23)18-40(50)34(53-35(48)24-15-11-8-12-16-24)32-38(6,33(47)30(45)28(20)37(40,4)5)26(44)17-27-39(32,19-51-27)54-22(3)43/h7-16,25-27,29-34,44-47,50H,17-19H2,1-6H3,(H,41,42)/t25-,26-,27+,29-,30+,31+,32-,33+,34-,38+,39-,40+/m0/s1.